The first kappa shape index (κ1) is 13.9. The van der Waals surface area contributed by atoms with E-state index in [9.17, 15) is 0 Å². The van der Waals surface area contributed by atoms with Crippen LogP contribution < -0.4 is 5.32 Å². The summed E-state index contributed by atoms with van der Waals surface area (Å²) < 4.78 is 5.33. The number of aromatic nitrogens is 2. The summed E-state index contributed by atoms with van der Waals surface area (Å²) >= 11 is 6.01. The maximum atomic E-state index is 6.01. The van der Waals surface area contributed by atoms with E-state index in [1.165, 1.54) is 0 Å². The lowest BCUT2D eigenvalue weighted by Gasteiger charge is -2.14. The van der Waals surface area contributed by atoms with Crippen LogP contribution in [0.15, 0.2) is 28.9 Å². The highest BCUT2D eigenvalue weighted by Crippen LogP contribution is 2.18. The zero-order valence-electron chi connectivity index (χ0n) is 11.4. The van der Waals surface area contributed by atoms with Crippen molar-refractivity contribution >= 4 is 17.4 Å². The highest BCUT2D eigenvalue weighted by Gasteiger charge is 2.10. The van der Waals surface area contributed by atoms with Gasteiger partial charge >= 0.3 is 0 Å². The van der Waals surface area contributed by atoms with Gasteiger partial charge in [0.25, 0.3) is 0 Å². The lowest BCUT2D eigenvalue weighted by molar-refractivity contribution is 0.497. The van der Waals surface area contributed by atoms with Gasteiger partial charge in [-0.25, -0.2) is 9.97 Å². The quantitative estimate of drug-likeness (QED) is 0.844. The second-order valence-electron chi connectivity index (χ2n) is 4.92. The molecule has 0 spiro atoms. The summed E-state index contributed by atoms with van der Waals surface area (Å²) in [4.78, 5) is 8.68. The van der Waals surface area contributed by atoms with Crippen LogP contribution in [0, 0.1) is 0 Å². The molecule has 0 aliphatic carbocycles. The van der Waals surface area contributed by atoms with Gasteiger partial charge in [0.2, 0.25) is 0 Å². The highest BCUT2D eigenvalue weighted by molar-refractivity contribution is 6.29. The third-order valence-electron chi connectivity index (χ3n) is 2.71. The predicted octanol–water partition coefficient (Wildman–Crippen LogP) is 3.89. The number of halogens is 1. The number of anilines is 1. The molecule has 5 heteroatoms. The smallest absolute Gasteiger partial charge is 0.135 e. The Morgan fingerprint density at radius 1 is 1.32 bits per heavy atom. The molecule has 0 amide bonds. The zero-order valence-corrected chi connectivity index (χ0v) is 12.1. The number of rotatable bonds is 5. The van der Waals surface area contributed by atoms with E-state index in [0.29, 0.717) is 5.15 Å². The molecule has 19 heavy (non-hydrogen) atoms. The van der Waals surface area contributed by atoms with Crippen molar-refractivity contribution in [1.29, 1.82) is 0 Å². The van der Waals surface area contributed by atoms with Crippen LogP contribution in [-0.2, 0) is 6.42 Å². The Bertz CT molecular complexity index is 525. The molecule has 0 aliphatic heterocycles. The molecule has 102 valence electrons. The van der Waals surface area contributed by atoms with E-state index < -0.39 is 0 Å². The molecule has 0 bridgehead atoms. The van der Waals surface area contributed by atoms with E-state index in [4.69, 9.17) is 16.0 Å². The summed E-state index contributed by atoms with van der Waals surface area (Å²) in [5, 5.41) is 3.78. The zero-order chi connectivity index (χ0) is 13.8. The van der Waals surface area contributed by atoms with Gasteiger partial charge in [-0.05, 0) is 19.1 Å². The topological polar surface area (TPSA) is 51.0 Å². The molecule has 1 unspecified atom stereocenters. The van der Waals surface area contributed by atoms with E-state index in [1.807, 2.05) is 26.0 Å². The number of furan rings is 1. The normalized spacial score (nSPS) is 12.7. The van der Waals surface area contributed by atoms with Crippen LogP contribution in [0.3, 0.4) is 0 Å². The van der Waals surface area contributed by atoms with Gasteiger partial charge in [-0.2, -0.15) is 0 Å². The second kappa shape index (κ2) is 6.06. The molecule has 4 nitrogen and oxygen atoms in total. The van der Waals surface area contributed by atoms with Gasteiger partial charge in [0.1, 0.15) is 22.6 Å². The summed E-state index contributed by atoms with van der Waals surface area (Å²) in [5.74, 6) is 2.70. The molecule has 0 radical (unpaired) electrons. The minimum atomic E-state index is 0.206. The van der Waals surface area contributed by atoms with E-state index in [1.54, 1.807) is 12.3 Å². The molecule has 1 N–H and O–H groups in total. The summed E-state index contributed by atoms with van der Waals surface area (Å²) in [6.45, 7) is 6.16. The first-order valence-electron chi connectivity index (χ1n) is 6.38. The fourth-order valence-corrected chi connectivity index (χ4v) is 1.99. The SMILES string of the molecule is CC(Cc1ccco1)Nc1cc(Cl)nc(C(C)C)n1. The van der Waals surface area contributed by atoms with Crippen LogP contribution in [0.4, 0.5) is 5.82 Å². The van der Waals surface area contributed by atoms with E-state index in [-0.39, 0.29) is 12.0 Å². The van der Waals surface area contributed by atoms with Crippen LogP contribution >= 0.6 is 11.6 Å². The maximum absolute atomic E-state index is 6.01. The van der Waals surface area contributed by atoms with Gasteiger partial charge in [-0.3, -0.25) is 0 Å². The van der Waals surface area contributed by atoms with Gasteiger partial charge in [0.05, 0.1) is 6.26 Å². The molecule has 0 saturated heterocycles. The van der Waals surface area contributed by atoms with Crippen LogP contribution in [-0.4, -0.2) is 16.0 Å². The maximum Gasteiger partial charge on any atom is 0.135 e. The first-order chi connectivity index (χ1) is 9.04. The van der Waals surface area contributed by atoms with Crippen molar-refractivity contribution in [1.82, 2.24) is 9.97 Å². The van der Waals surface area contributed by atoms with Crippen molar-refractivity contribution in [3.63, 3.8) is 0 Å². The molecule has 0 fully saturated rings. The molecule has 0 aromatic carbocycles. The molecular weight excluding hydrogens is 262 g/mol. The van der Waals surface area contributed by atoms with Crippen molar-refractivity contribution in [2.24, 2.45) is 0 Å². The Balaban J connectivity index is 2.05. The van der Waals surface area contributed by atoms with Gasteiger partial charge in [0.15, 0.2) is 0 Å². The number of nitrogens with one attached hydrogen (secondary N) is 1. The molecule has 2 rings (SSSR count). The molecular formula is C14H18ClN3O. The lowest BCUT2D eigenvalue weighted by atomic mass is 10.2. The van der Waals surface area contributed by atoms with Crippen LogP contribution in [0.1, 0.15) is 38.3 Å². The van der Waals surface area contributed by atoms with Crippen LogP contribution in [0.25, 0.3) is 0 Å². The summed E-state index contributed by atoms with van der Waals surface area (Å²) in [6, 6.07) is 5.80. The van der Waals surface area contributed by atoms with E-state index in [0.717, 1.165) is 23.8 Å². The van der Waals surface area contributed by atoms with Crippen molar-refractivity contribution < 1.29 is 4.42 Å². The van der Waals surface area contributed by atoms with Crippen molar-refractivity contribution in [3.8, 4) is 0 Å². The van der Waals surface area contributed by atoms with Gasteiger partial charge < -0.3 is 9.73 Å². The van der Waals surface area contributed by atoms with Gasteiger partial charge in [-0.1, -0.05) is 25.4 Å². The number of hydrogen-bond acceptors (Lipinski definition) is 4. The predicted molar refractivity (Wildman–Crippen MR) is 76.6 cm³/mol. The van der Waals surface area contributed by atoms with Crippen LogP contribution in [0.2, 0.25) is 5.15 Å². The number of hydrogen-bond donors (Lipinski definition) is 1. The average molecular weight is 280 g/mol. The fraction of sp³-hybridized carbons (Fsp3) is 0.429. The summed E-state index contributed by atoms with van der Waals surface area (Å²) in [6.07, 6.45) is 2.48. The van der Waals surface area contributed by atoms with Crippen molar-refractivity contribution in [3.05, 3.63) is 41.2 Å². The average Bonchev–Trinajstić information content (AvgIpc) is 2.80. The standard InChI is InChI=1S/C14H18ClN3O/c1-9(2)14-17-12(15)8-13(18-14)16-10(3)7-11-5-4-6-19-11/h4-6,8-10H,7H2,1-3H3,(H,16,17,18). The summed E-state index contributed by atoms with van der Waals surface area (Å²) in [5.41, 5.74) is 0. The number of nitrogens with zero attached hydrogens (tertiary/aromatic N) is 2. The van der Waals surface area contributed by atoms with Gasteiger partial charge in [-0.15, -0.1) is 0 Å². The molecule has 0 aliphatic rings. The Hall–Kier alpha value is -1.55. The second-order valence-corrected chi connectivity index (χ2v) is 5.30. The van der Waals surface area contributed by atoms with Crippen LogP contribution in [0.5, 0.6) is 0 Å². The Kier molecular flexibility index (Phi) is 4.43. The Labute approximate surface area is 118 Å². The van der Waals surface area contributed by atoms with E-state index in [2.05, 4.69) is 22.2 Å². The molecule has 2 aromatic rings. The first-order valence-corrected chi connectivity index (χ1v) is 6.76. The molecule has 1 atom stereocenters. The van der Waals surface area contributed by atoms with E-state index >= 15 is 0 Å². The highest BCUT2D eigenvalue weighted by atomic mass is 35.5. The minimum absolute atomic E-state index is 0.206. The third kappa shape index (κ3) is 3.96. The molecule has 2 heterocycles. The van der Waals surface area contributed by atoms with Crippen molar-refractivity contribution in [2.45, 2.75) is 39.2 Å². The molecule has 0 saturated carbocycles. The monoisotopic (exact) mass is 279 g/mol. The molecule has 2 aromatic heterocycles. The largest absolute Gasteiger partial charge is 0.469 e. The lowest BCUT2D eigenvalue weighted by Crippen LogP contribution is -2.19. The fourth-order valence-electron chi connectivity index (χ4n) is 1.80. The van der Waals surface area contributed by atoms with Gasteiger partial charge in [0, 0.05) is 24.4 Å². The van der Waals surface area contributed by atoms with Crippen molar-refractivity contribution in [2.75, 3.05) is 5.32 Å². The summed E-state index contributed by atoms with van der Waals surface area (Å²) in [7, 11) is 0. The third-order valence-corrected chi connectivity index (χ3v) is 2.90. The Morgan fingerprint density at radius 2 is 2.11 bits per heavy atom. The Morgan fingerprint density at radius 3 is 2.74 bits per heavy atom. The minimum Gasteiger partial charge on any atom is -0.469 e.